The lowest BCUT2D eigenvalue weighted by Crippen LogP contribution is -2.32. The van der Waals surface area contributed by atoms with Crippen molar-refractivity contribution >= 4 is 12.0 Å². The summed E-state index contributed by atoms with van der Waals surface area (Å²) < 4.78 is 5.20. The Morgan fingerprint density at radius 3 is 2.88 bits per heavy atom. The van der Waals surface area contributed by atoms with E-state index in [9.17, 15) is 4.79 Å². The molecule has 24 heavy (non-hydrogen) atoms. The smallest absolute Gasteiger partial charge is 0.246 e. The van der Waals surface area contributed by atoms with Crippen LogP contribution in [-0.2, 0) is 11.3 Å². The van der Waals surface area contributed by atoms with Gasteiger partial charge in [0.15, 0.2) is 0 Å². The van der Waals surface area contributed by atoms with Gasteiger partial charge >= 0.3 is 0 Å². The van der Waals surface area contributed by atoms with Crippen molar-refractivity contribution < 1.29 is 9.21 Å². The Hall–Kier alpha value is -2.33. The van der Waals surface area contributed by atoms with E-state index in [1.54, 1.807) is 23.3 Å². The van der Waals surface area contributed by atoms with Crippen molar-refractivity contribution in [1.82, 2.24) is 9.80 Å². The van der Waals surface area contributed by atoms with Crippen molar-refractivity contribution in [1.29, 1.82) is 0 Å². The Balaban J connectivity index is 1.45. The maximum absolute atomic E-state index is 12.2. The van der Waals surface area contributed by atoms with E-state index in [4.69, 9.17) is 4.42 Å². The van der Waals surface area contributed by atoms with Gasteiger partial charge in [-0.1, -0.05) is 30.3 Å². The molecule has 1 aromatic carbocycles. The van der Waals surface area contributed by atoms with Crippen molar-refractivity contribution in [2.45, 2.75) is 13.0 Å². The summed E-state index contributed by atoms with van der Waals surface area (Å²) in [5.74, 6) is 1.26. The van der Waals surface area contributed by atoms with Crippen LogP contribution in [0, 0.1) is 5.92 Å². The number of likely N-dealkylation sites (N-methyl/N-ethyl adjacent to an activating group) is 1. The Bertz CT molecular complexity index is 664. The average molecular weight is 324 g/mol. The molecule has 2 aromatic rings. The van der Waals surface area contributed by atoms with Crippen LogP contribution in [0.2, 0.25) is 0 Å². The number of nitrogens with zero attached hydrogens (tertiary/aromatic N) is 2. The van der Waals surface area contributed by atoms with Gasteiger partial charge in [0, 0.05) is 32.8 Å². The standard InChI is InChI=1S/C20H24N2O2/c1-21(20(23)10-9-19-8-5-13-24-19)14-18-11-12-22(16-18)15-17-6-3-2-4-7-17/h2-10,13,18H,11-12,14-16H2,1H3/b10-9+/t18-/m0/s1. The van der Waals surface area contributed by atoms with E-state index in [1.165, 1.54) is 5.56 Å². The van der Waals surface area contributed by atoms with Crippen LogP contribution in [0.1, 0.15) is 17.7 Å². The summed E-state index contributed by atoms with van der Waals surface area (Å²) >= 11 is 0. The van der Waals surface area contributed by atoms with Gasteiger partial charge in [-0.05, 0) is 42.7 Å². The quantitative estimate of drug-likeness (QED) is 0.765. The number of hydrogen-bond acceptors (Lipinski definition) is 3. The monoisotopic (exact) mass is 324 g/mol. The van der Waals surface area contributed by atoms with Gasteiger partial charge in [0.2, 0.25) is 5.91 Å². The third-order valence-corrected chi connectivity index (χ3v) is 4.46. The van der Waals surface area contributed by atoms with Crippen LogP contribution in [0.15, 0.2) is 59.2 Å². The van der Waals surface area contributed by atoms with E-state index < -0.39 is 0 Å². The molecule has 1 aliphatic rings. The molecule has 1 fully saturated rings. The molecule has 0 unspecified atom stereocenters. The normalized spacial score (nSPS) is 18.3. The van der Waals surface area contributed by atoms with Crippen molar-refractivity contribution in [2.75, 3.05) is 26.7 Å². The minimum absolute atomic E-state index is 0.0212. The number of carbonyl (C=O) groups is 1. The Labute approximate surface area is 143 Å². The highest BCUT2D eigenvalue weighted by Gasteiger charge is 2.24. The van der Waals surface area contributed by atoms with Crippen molar-refractivity contribution in [3.8, 4) is 0 Å². The van der Waals surface area contributed by atoms with Gasteiger partial charge in [-0.25, -0.2) is 0 Å². The predicted octanol–water partition coefficient (Wildman–Crippen LogP) is 3.27. The van der Waals surface area contributed by atoms with Crippen LogP contribution in [0.4, 0.5) is 0 Å². The molecule has 0 aliphatic carbocycles. The van der Waals surface area contributed by atoms with Crippen molar-refractivity contribution in [2.24, 2.45) is 5.92 Å². The summed E-state index contributed by atoms with van der Waals surface area (Å²) in [6.45, 7) is 3.94. The van der Waals surface area contributed by atoms with Crippen molar-refractivity contribution in [3.63, 3.8) is 0 Å². The SMILES string of the molecule is CN(C[C@@H]1CCN(Cc2ccccc2)C1)C(=O)/C=C/c1ccco1. The van der Waals surface area contributed by atoms with Gasteiger partial charge in [0.1, 0.15) is 5.76 Å². The number of likely N-dealkylation sites (tertiary alicyclic amines) is 1. The number of rotatable bonds is 6. The van der Waals surface area contributed by atoms with Gasteiger partial charge in [0.05, 0.1) is 6.26 Å². The molecule has 4 nitrogen and oxygen atoms in total. The van der Waals surface area contributed by atoms with Gasteiger partial charge in [-0.15, -0.1) is 0 Å². The second-order valence-electron chi connectivity index (χ2n) is 6.44. The third kappa shape index (κ3) is 4.59. The van der Waals surface area contributed by atoms with Crippen LogP contribution < -0.4 is 0 Å². The first-order valence-electron chi connectivity index (χ1n) is 8.43. The first kappa shape index (κ1) is 16.5. The molecule has 0 radical (unpaired) electrons. The molecule has 3 rings (SSSR count). The summed E-state index contributed by atoms with van der Waals surface area (Å²) in [5, 5.41) is 0. The molecule has 1 aliphatic heterocycles. The lowest BCUT2D eigenvalue weighted by molar-refractivity contribution is -0.125. The summed E-state index contributed by atoms with van der Waals surface area (Å²) in [7, 11) is 1.87. The number of carbonyl (C=O) groups excluding carboxylic acids is 1. The molecule has 0 bridgehead atoms. The molecular weight excluding hydrogens is 300 g/mol. The van der Waals surface area contributed by atoms with E-state index in [2.05, 4.69) is 29.2 Å². The Morgan fingerprint density at radius 2 is 2.12 bits per heavy atom. The van der Waals surface area contributed by atoms with Crippen molar-refractivity contribution in [3.05, 3.63) is 66.1 Å². The third-order valence-electron chi connectivity index (χ3n) is 4.46. The maximum Gasteiger partial charge on any atom is 0.246 e. The summed E-state index contributed by atoms with van der Waals surface area (Å²) in [6.07, 6.45) is 6.05. The maximum atomic E-state index is 12.2. The lowest BCUT2D eigenvalue weighted by Gasteiger charge is -2.21. The highest BCUT2D eigenvalue weighted by atomic mass is 16.3. The second kappa shape index (κ2) is 7.97. The molecule has 1 aromatic heterocycles. The number of furan rings is 1. The average Bonchev–Trinajstić information content (AvgIpc) is 3.25. The van der Waals surface area contributed by atoms with Crippen LogP contribution >= 0.6 is 0 Å². The first-order chi connectivity index (χ1) is 11.7. The fourth-order valence-corrected chi connectivity index (χ4v) is 3.19. The first-order valence-corrected chi connectivity index (χ1v) is 8.43. The molecule has 2 heterocycles. The van der Waals surface area contributed by atoms with E-state index in [-0.39, 0.29) is 5.91 Å². The van der Waals surface area contributed by atoms with Crippen LogP contribution in [0.25, 0.3) is 6.08 Å². The molecule has 126 valence electrons. The minimum atomic E-state index is 0.0212. The van der Waals surface area contributed by atoms with Crippen LogP contribution in [0.5, 0.6) is 0 Å². The molecule has 1 amide bonds. The zero-order chi connectivity index (χ0) is 16.8. The zero-order valence-electron chi connectivity index (χ0n) is 14.1. The second-order valence-corrected chi connectivity index (χ2v) is 6.44. The number of amides is 1. The largest absolute Gasteiger partial charge is 0.465 e. The lowest BCUT2D eigenvalue weighted by atomic mass is 10.1. The molecule has 0 spiro atoms. The molecule has 1 saturated heterocycles. The topological polar surface area (TPSA) is 36.7 Å². The Kier molecular flexibility index (Phi) is 5.49. The highest BCUT2D eigenvalue weighted by molar-refractivity contribution is 5.91. The molecular formula is C20H24N2O2. The predicted molar refractivity (Wildman–Crippen MR) is 95.2 cm³/mol. The fourth-order valence-electron chi connectivity index (χ4n) is 3.19. The molecule has 1 atom stereocenters. The fraction of sp³-hybridized carbons (Fsp3) is 0.350. The van der Waals surface area contributed by atoms with Gasteiger partial charge in [0.25, 0.3) is 0 Å². The van der Waals surface area contributed by atoms with Gasteiger partial charge in [-0.2, -0.15) is 0 Å². The molecule has 0 saturated carbocycles. The van der Waals surface area contributed by atoms with E-state index in [0.29, 0.717) is 11.7 Å². The van der Waals surface area contributed by atoms with E-state index in [0.717, 1.165) is 32.6 Å². The summed E-state index contributed by atoms with van der Waals surface area (Å²) in [6, 6.07) is 14.2. The summed E-state index contributed by atoms with van der Waals surface area (Å²) in [5.41, 5.74) is 1.35. The van der Waals surface area contributed by atoms with Gasteiger partial charge < -0.3 is 9.32 Å². The minimum Gasteiger partial charge on any atom is -0.465 e. The number of hydrogen-bond donors (Lipinski definition) is 0. The van der Waals surface area contributed by atoms with Crippen LogP contribution in [-0.4, -0.2) is 42.4 Å². The zero-order valence-corrected chi connectivity index (χ0v) is 14.1. The van der Waals surface area contributed by atoms with Crippen LogP contribution in [0.3, 0.4) is 0 Å². The summed E-state index contributed by atoms with van der Waals surface area (Å²) in [4.78, 5) is 16.5. The van der Waals surface area contributed by atoms with E-state index in [1.807, 2.05) is 25.2 Å². The number of benzene rings is 1. The highest BCUT2D eigenvalue weighted by Crippen LogP contribution is 2.19. The molecule has 0 N–H and O–H groups in total. The Morgan fingerprint density at radius 1 is 1.29 bits per heavy atom. The molecule has 4 heteroatoms. The van der Waals surface area contributed by atoms with E-state index >= 15 is 0 Å². The van der Waals surface area contributed by atoms with Gasteiger partial charge in [-0.3, -0.25) is 9.69 Å².